The molecule has 31 heavy (non-hydrogen) atoms. The van der Waals surface area contributed by atoms with Gasteiger partial charge < -0.3 is 20.1 Å². The van der Waals surface area contributed by atoms with Gasteiger partial charge in [-0.2, -0.15) is 13.2 Å². The molecule has 0 aliphatic carbocycles. The maximum Gasteiger partial charge on any atom is 0.419 e. The van der Waals surface area contributed by atoms with Gasteiger partial charge in [-0.25, -0.2) is 19.7 Å². The maximum absolute atomic E-state index is 12.7. The van der Waals surface area contributed by atoms with Gasteiger partial charge in [-0.15, -0.1) is 0 Å². The third kappa shape index (κ3) is 5.71. The largest absolute Gasteiger partial charge is 0.490 e. The molecule has 1 saturated heterocycles. The van der Waals surface area contributed by atoms with E-state index in [1.54, 1.807) is 19.1 Å². The number of carbonyl (C=O) groups excluding carboxylic acids is 2. The van der Waals surface area contributed by atoms with E-state index >= 15 is 0 Å². The van der Waals surface area contributed by atoms with Crippen molar-refractivity contribution in [3.05, 3.63) is 36.3 Å². The summed E-state index contributed by atoms with van der Waals surface area (Å²) in [6.07, 6.45) is -3.18. The minimum absolute atomic E-state index is 0.0366. The minimum Gasteiger partial charge on any atom is -0.490 e. The van der Waals surface area contributed by atoms with Crippen LogP contribution in [0.3, 0.4) is 0 Å². The minimum atomic E-state index is -4.53. The maximum atomic E-state index is 12.7. The molecule has 0 saturated carbocycles. The first-order valence-electron chi connectivity index (χ1n) is 9.13. The first kappa shape index (κ1) is 22.1. The monoisotopic (exact) mass is 440 g/mol. The van der Waals surface area contributed by atoms with Crippen molar-refractivity contribution in [2.75, 3.05) is 36.0 Å². The van der Waals surface area contributed by atoms with Crippen LogP contribution in [0.1, 0.15) is 12.5 Å². The average Bonchev–Trinajstić information content (AvgIpc) is 2.71. The van der Waals surface area contributed by atoms with Crippen molar-refractivity contribution in [2.24, 2.45) is 5.73 Å². The second-order valence-corrected chi connectivity index (χ2v) is 6.64. The zero-order valence-electron chi connectivity index (χ0n) is 16.4. The van der Waals surface area contributed by atoms with Crippen molar-refractivity contribution >= 4 is 23.8 Å². The highest BCUT2D eigenvalue weighted by Crippen LogP contribution is 2.28. The van der Waals surface area contributed by atoms with Gasteiger partial charge in [-0.05, 0) is 13.0 Å². The van der Waals surface area contributed by atoms with E-state index in [-0.39, 0.29) is 31.6 Å². The normalized spacial score (nSPS) is 15.5. The number of rotatable bonds is 6. The predicted octanol–water partition coefficient (Wildman–Crippen LogP) is 1.61. The third-order valence-corrected chi connectivity index (χ3v) is 4.26. The van der Waals surface area contributed by atoms with Crippen LogP contribution in [0.15, 0.2) is 30.7 Å². The van der Waals surface area contributed by atoms with Gasteiger partial charge in [0, 0.05) is 37.7 Å². The van der Waals surface area contributed by atoms with E-state index in [0.717, 1.165) is 0 Å². The molecule has 1 aliphatic heterocycles. The summed E-state index contributed by atoms with van der Waals surface area (Å²) >= 11 is 0. The fraction of sp³-hybridized carbons (Fsp3) is 0.389. The second-order valence-electron chi connectivity index (χ2n) is 6.64. The number of hydrogen-bond acceptors (Lipinski definition) is 8. The quantitative estimate of drug-likeness (QED) is 0.719. The Labute approximate surface area is 174 Å². The topological polar surface area (TPSA) is 124 Å². The molecule has 3 rings (SSSR count). The number of ether oxygens (including phenoxy) is 2. The molecule has 2 aromatic heterocycles. The number of anilines is 2. The number of nitrogens with two attached hydrogens (primary N) is 1. The first-order chi connectivity index (χ1) is 14.6. The molecule has 0 unspecified atom stereocenters. The van der Waals surface area contributed by atoms with Gasteiger partial charge in [0.15, 0.2) is 0 Å². The molecule has 1 atom stereocenters. The molecule has 10 nitrogen and oxygen atoms in total. The molecule has 2 N–H and O–H groups in total. The molecule has 2 aromatic rings. The summed E-state index contributed by atoms with van der Waals surface area (Å²) in [6, 6.07) is 3.14. The number of nitrogens with zero attached hydrogens (tertiary/aromatic N) is 5. The van der Waals surface area contributed by atoms with Crippen LogP contribution in [-0.4, -0.2) is 59.3 Å². The molecule has 0 radical (unpaired) electrons. The highest BCUT2D eigenvalue weighted by atomic mass is 19.4. The fourth-order valence-electron chi connectivity index (χ4n) is 2.80. The Morgan fingerprint density at radius 2 is 1.97 bits per heavy atom. The Hall–Kier alpha value is -3.64. The Morgan fingerprint density at radius 3 is 2.58 bits per heavy atom. The number of alkyl halides is 3. The lowest BCUT2D eigenvalue weighted by Crippen LogP contribution is -2.51. The molecule has 1 aliphatic rings. The summed E-state index contributed by atoms with van der Waals surface area (Å²) in [5.41, 5.74) is 3.98. The molecular weight excluding hydrogens is 421 g/mol. The van der Waals surface area contributed by atoms with Crippen LogP contribution in [0.25, 0.3) is 0 Å². The molecule has 166 valence electrons. The van der Waals surface area contributed by atoms with Gasteiger partial charge in [-0.1, -0.05) is 0 Å². The van der Waals surface area contributed by atoms with Gasteiger partial charge in [0.05, 0.1) is 5.56 Å². The molecule has 0 spiro atoms. The lowest BCUT2D eigenvalue weighted by atomic mass is 10.3. The predicted molar refractivity (Wildman–Crippen MR) is 101 cm³/mol. The van der Waals surface area contributed by atoms with Gasteiger partial charge in [-0.3, -0.25) is 9.69 Å². The van der Waals surface area contributed by atoms with Gasteiger partial charge in [0.25, 0.3) is 0 Å². The van der Waals surface area contributed by atoms with Crippen LogP contribution in [0, 0.1) is 0 Å². The number of primary amides is 1. The average molecular weight is 440 g/mol. The van der Waals surface area contributed by atoms with Gasteiger partial charge >= 0.3 is 12.3 Å². The van der Waals surface area contributed by atoms with Gasteiger partial charge in [0.1, 0.15) is 30.8 Å². The zero-order valence-corrected chi connectivity index (χ0v) is 16.4. The lowest BCUT2D eigenvalue weighted by Gasteiger charge is -2.33. The highest BCUT2D eigenvalue weighted by Gasteiger charge is 2.32. The molecule has 2 amide bonds. The fourth-order valence-corrected chi connectivity index (χ4v) is 2.80. The SMILES string of the molecule is C[C@@H](COc1ccnc(N2CCN(c3ncc(C(F)(F)F)cn3)CC2=O)c1)OC(N)=O. The second kappa shape index (κ2) is 9.02. The number of pyridine rings is 1. The van der Waals surface area contributed by atoms with Crippen LogP contribution < -0.4 is 20.3 Å². The van der Waals surface area contributed by atoms with Crippen molar-refractivity contribution in [3.8, 4) is 5.75 Å². The first-order valence-corrected chi connectivity index (χ1v) is 9.13. The van der Waals surface area contributed by atoms with Crippen molar-refractivity contribution < 1.29 is 32.2 Å². The van der Waals surface area contributed by atoms with Crippen molar-refractivity contribution in [2.45, 2.75) is 19.2 Å². The van der Waals surface area contributed by atoms with E-state index in [9.17, 15) is 22.8 Å². The smallest absolute Gasteiger partial charge is 0.419 e. The van der Waals surface area contributed by atoms with Crippen molar-refractivity contribution in [3.63, 3.8) is 0 Å². The van der Waals surface area contributed by atoms with E-state index in [0.29, 0.717) is 30.5 Å². The number of aromatic nitrogens is 3. The van der Waals surface area contributed by atoms with Crippen LogP contribution in [0.5, 0.6) is 5.75 Å². The van der Waals surface area contributed by atoms with Crippen LogP contribution in [0.2, 0.25) is 0 Å². The highest BCUT2D eigenvalue weighted by molar-refractivity contribution is 5.96. The summed E-state index contributed by atoms with van der Waals surface area (Å²) in [4.78, 5) is 37.9. The number of carbonyl (C=O) groups is 2. The Kier molecular flexibility index (Phi) is 6.42. The number of piperazine rings is 1. The van der Waals surface area contributed by atoms with Crippen LogP contribution >= 0.6 is 0 Å². The number of hydrogen-bond donors (Lipinski definition) is 1. The molecule has 1 fully saturated rings. The van der Waals surface area contributed by atoms with E-state index in [2.05, 4.69) is 15.0 Å². The molecule has 0 aromatic carbocycles. The third-order valence-electron chi connectivity index (χ3n) is 4.26. The number of halogens is 3. The summed E-state index contributed by atoms with van der Waals surface area (Å²) in [5, 5.41) is 0. The van der Waals surface area contributed by atoms with Crippen molar-refractivity contribution in [1.29, 1.82) is 0 Å². The number of amides is 2. The van der Waals surface area contributed by atoms with Crippen molar-refractivity contribution in [1.82, 2.24) is 15.0 Å². The van der Waals surface area contributed by atoms with E-state index in [1.807, 2.05) is 0 Å². The summed E-state index contributed by atoms with van der Waals surface area (Å²) in [5.74, 6) is 0.462. The summed E-state index contributed by atoms with van der Waals surface area (Å²) in [7, 11) is 0. The summed E-state index contributed by atoms with van der Waals surface area (Å²) < 4.78 is 48.3. The van der Waals surface area contributed by atoms with E-state index < -0.39 is 23.9 Å². The molecular formula is C18H19F3N6O4. The zero-order chi connectivity index (χ0) is 22.6. The van der Waals surface area contributed by atoms with E-state index in [1.165, 1.54) is 16.0 Å². The molecule has 0 bridgehead atoms. The van der Waals surface area contributed by atoms with E-state index in [4.69, 9.17) is 15.2 Å². The lowest BCUT2D eigenvalue weighted by molar-refractivity contribution is -0.138. The van der Waals surface area contributed by atoms with Crippen LogP contribution in [-0.2, 0) is 15.7 Å². The Morgan fingerprint density at radius 1 is 1.26 bits per heavy atom. The summed E-state index contributed by atoms with van der Waals surface area (Å²) in [6.45, 7) is 2.06. The standard InChI is InChI=1S/C18H19F3N6O4/c1-11(31-16(22)29)10-30-13-2-3-23-14(6-13)27-5-4-26(9-15(27)28)17-24-7-12(8-25-17)18(19,20)21/h2-3,6-8,11H,4-5,9-10H2,1H3,(H2,22,29)/t11-/m0/s1. The molecule has 3 heterocycles. The van der Waals surface area contributed by atoms with Crippen LogP contribution in [0.4, 0.5) is 29.7 Å². The Balaban J connectivity index is 1.62. The Bertz CT molecular complexity index is 941. The molecule has 13 heteroatoms. The van der Waals surface area contributed by atoms with Gasteiger partial charge in [0.2, 0.25) is 11.9 Å².